The second-order valence-electron chi connectivity index (χ2n) is 31.9. The fourth-order valence-electron chi connectivity index (χ4n) is 9.41. The van der Waals surface area contributed by atoms with Crippen molar-refractivity contribution >= 4 is 145 Å². The first-order chi connectivity index (χ1) is 69.3. The molecule has 0 radical (unpaired) electrons. The van der Waals surface area contributed by atoms with E-state index in [4.69, 9.17) is 90.0 Å². The molecule has 0 aliphatic carbocycles. The first-order valence-electron chi connectivity index (χ1n) is 45.8. The number of hydrogen-bond acceptors (Lipinski definition) is 50. The lowest BCUT2D eigenvalue weighted by atomic mass is 10.2. The van der Waals surface area contributed by atoms with Crippen LogP contribution >= 0.6 is 0 Å². The summed E-state index contributed by atoms with van der Waals surface area (Å²) in [5.41, 5.74) is 1.67. The second kappa shape index (κ2) is 86.2. The molecule has 0 bridgehead atoms. The SMILES string of the molecule is C=C(C)C(=O)OCCCC(=O)OCC[N+](C)(CCOC(=O)CCCOC(=O)CC)CCOC(=O)NCCOC(=O)C(=C)C.C=C(C)C(=O)OCCOC(=O)CCC(=O)OCC[N+](C)(CCOC(=O)CCC(=O)OCCOC(=O)C(=C)C)CCOC(=O)CCC(=O)OCCOC(=O)C(=C)C.C=C(C)C(=O)OCCOC(=O)CC[N+](C)(CCCC)CCC(=O)OCCOC(=O)C(=C)C.COS(=O)(=O)[O-].COS(=O)(=O)[O-].COS(=O)(=O)[O-]. The van der Waals surface area contributed by atoms with Gasteiger partial charge in [-0.05, 0) is 67.7 Å². The van der Waals surface area contributed by atoms with Gasteiger partial charge in [-0.25, -0.2) is 63.6 Å². The van der Waals surface area contributed by atoms with Crippen LogP contribution in [-0.2, 0) is 220 Å². The van der Waals surface area contributed by atoms with Gasteiger partial charge in [0.2, 0.25) is 31.2 Å². The molecule has 0 aliphatic heterocycles. The summed E-state index contributed by atoms with van der Waals surface area (Å²) in [6, 6.07) is 0. The molecule has 0 saturated carbocycles. The van der Waals surface area contributed by atoms with Crippen molar-refractivity contribution in [2.75, 3.05) is 233 Å². The highest BCUT2D eigenvalue weighted by atomic mass is 32.3. The molecule has 0 rings (SSSR count). The highest BCUT2D eigenvalue weighted by Gasteiger charge is 2.29. The lowest BCUT2D eigenvalue weighted by Gasteiger charge is -2.34. The summed E-state index contributed by atoms with van der Waals surface area (Å²) in [5, 5.41) is 2.47. The van der Waals surface area contributed by atoms with Crippen molar-refractivity contribution < 1.29 is 246 Å². The van der Waals surface area contributed by atoms with Gasteiger partial charge in [-0.1, -0.05) is 66.3 Å². The van der Waals surface area contributed by atoms with E-state index in [2.05, 4.69) is 70.8 Å². The first-order valence-corrected chi connectivity index (χ1v) is 49.8. The summed E-state index contributed by atoms with van der Waals surface area (Å²) in [5.74, 6) is -10.2. The predicted octanol–water partition coefficient (Wildman–Crippen LogP) is 3.01. The van der Waals surface area contributed by atoms with Gasteiger partial charge in [0.05, 0.1) is 133 Å². The van der Waals surface area contributed by atoms with Crippen LogP contribution in [0.25, 0.3) is 0 Å². The van der Waals surface area contributed by atoms with Crippen LogP contribution in [0.2, 0.25) is 0 Å². The largest absolute Gasteiger partial charge is 0.726 e. The van der Waals surface area contributed by atoms with E-state index in [1.54, 1.807) is 14.0 Å². The van der Waals surface area contributed by atoms with E-state index in [0.717, 1.165) is 40.7 Å². The van der Waals surface area contributed by atoms with Gasteiger partial charge in [-0.2, -0.15) is 0 Å². The molecule has 0 heterocycles. The van der Waals surface area contributed by atoms with Crippen molar-refractivity contribution in [3.63, 3.8) is 0 Å². The average molecular weight is 2210 g/mol. The molecule has 1 unspecified atom stereocenters. The predicted molar refractivity (Wildman–Crippen MR) is 513 cm³/mol. The van der Waals surface area contributed by atoms with Crippen molar-refractivity contribution in [3.8, 4) is 0 Å². The van der Waals surface area contributed by atoms with Gasteiger partial charge in [0, 0.05) is 58.3 Å². The van der Waals surface area contributed by atoms with Gasteiger partial charge >= 0.3 is 114 Å². The van der Waals surface area contributed by atoms with Gasteiger partial charge in [-0.3, -0.25) is 65.3 Å². The third-order valence-corrected chi connectivity index (χ3v) is 19.3. The summed E-state index contributed by atoms with van der Waals surface area (Å²) in [6.45, 7) is 40.6. The fourth-order valence-corrected chi connectivity index (χ4v) is 9.41. The van der Waals surface area contributed by atoms with E-state index in [9.17, 15) is 130 Å². The Kier molecular flexibility index (Phi) is 85.1. The summed E-state index contributed by atoms with van der Waals surface area (Å²) >= 11 is 0. The molecule has 0 aromatic heterocycles. The fraction of sp³-hybridized carbons (Fsp3) is 0.641. The van der Waals surface area contributed by atoms with E-state index in [-0.39, 0.29) is 288 Å². The number of nitrogens with zero attached hydrogens (tertiary/aromatic N) is 3. The molecule has 0 aromatic rings. The topological polar surface area (TPSA) is 711 Å². The van der Waals surface area contributed by atoms with Gasteiger partial charge in [0.15, 0.2) is 0 Å². The quantitative estimate of drug-likeness (QED) is 0.0174. The van der Waals surface area contributed by atoms with Crippen LogP contribution in [0.4, 0.5) is 4.79 Å². The van der Waals surface area contributed by atoms with Crippen molar-refractivity contribution in [3.05, 3.63) is 85.1 Å². The minimum absolute atomic E-state index is 0.00661. The zero-order chi connectivity index (χ0) is 115. The van der Waals surface area contributed by atoms with E-state index in [0.29, 0.717) is 50.0 Å². The van der Waals surface area contributed by atoms with Crippen LogP contribution < -0.4 is 5.32 Å². The minimum atomic E-state index is -4.41. The Bertz CT molecular complexity index is 4320. The molecule has 1 N–H and O–H groups in total. The Morgan fingerprint density at radius 3 is 0.617 bits per heavy atom. The van der Waals surface area contributed by atoms with E-state index >= 15 is 0 Å². The summed E-state index contributed by atoms with van der Waals surface area (Å²) in [4.78, 5) is 223. The number of nitrogens with one attached hydrogen (secondary N) is 1. The van der Waals surface area contributed by atoms with Crippen molar-refractivity contribution in [2.24, 2.45) is 0 Å². The number of esters is 18. The standard InChI is InChI=1S/C37H54NO18.C29H46N2O12.C23H38NO8.3CH4O4S/c1-26(2)35(45)54-23-20-51-32(42)11-8-29(39)48-17-14-38(7,15-18-49-30(40)9-12-33(43)52-21-24-55-36(46)27(3)4)16-19-50-31(41)10-13-34(44)53-22-25-56-37(47)28(5)6;1-7-24(32)38-16-8-10-25(33)39-19-13-31(6,14-20-40-26(34)11-9-17-41-27(35)22(2)3)15-21-43-29(37)30-12-18-42-28(36)23(4)5;1-7-8-11-24(6,12-9-20(25)29-14-16-31-22(27)18(2)3)13-10-21(26)30-15-17-32-23(28)19(4)5;3*1-5-6(2,3)4/h1,3,5,8-25H2,2,4,6-7H3;2,4,7-21H2,1,3,5-6H3;2,4,7-17H2,1,3,5-6H3;3*1H3,(H,2,3,4)/q+1;;+1;;;/p-2. The number of quaternary nitrogens is 3. The maximum absolute atomic E-state index is 12.3. The number of unbranched alkanes of at least 4 members (excludes halogenated alkanes) is 1. The molecule has 57 heteroatoms. The molecule has 0 spiro atoms. The molecule has 854 valence electrons. The Morgan fingerprint density at radius 1 is 0.228 bits per heavy atom. The molecule has 149 heavy (non-hydrogen) atoms. The van der Waals surface area contributed by atoms with E-state index < -0.39 is 127 Å². The normalized spacial score (nSPS) is 11.0. The maximum atomic E-state index is 12.3. The molecule has 0 saturated heterocycles. The second-order valence-corrected chi connectivity index (χ2v) is 35.4. The van der Waals surface area contributed by atoms with Crippen LogP contribution in [0.15, 0.2) is 85.1 Å². The zero-order valence-corrected chi connectivity index (χ0v) is 90.0. The van der Waals surface area contributed by atoms with Gasteiger partial charge in [0.1, 0.15) is 152 Å². The van der Waals surface area contributed by atoms with E-state index in [1.165, 1.54) is 48.5 Å². The Balaban J connectivity index is -0.000000485. The number of hydrogen-bond donors (Lipinski definition) is 1. The molecule has 1 atom stereocenters. The van der Waals surface area contributed by atoms with Crippen molar-refractivity contribution in [1.82, 2.24) is 5.32 Å². The Morgan fingerprint density at radius 2 is 0.403 bits per heavy atom. The number of carbonyl (C=O) groups excluding carboxylic acids is 19. The number of ether oxygens (including phenoxy) is 19. The zero-order valence-electron chi connectivity index (χ0n) is 87.5. The van der Waals surface area contributed by atoms with Crippen molar-refractivity contribution in [2.45, 2.75) is 159 Å². The highest BCUT2D eigenvalue weighted by molar-refractivity contribution is 7.81. The van der Waals surface area contributed by atoms with Gasteiger partial charge < -0.3 is 122 Å². The van der Waals surface area contributed by atoms with Crippen LogP contribution in [0.5, 0.6) is 0 Å². The van der Waals surface area contributed by atoms with Crippen LogP contribution in [0.3, 0.4) is 0 Å². The number of likely N-dealkylation sites (N-methyl/N-ethyl adjacent to an activating group) is 2. The number of alkyl carbamates (subject to hydrolysis) is 1. The smallest absolute Gasteiger partial charge is 0.407 e. The number of carbonyl (C=O) groups is 19. The number of amides is 1. The molecule has 0 aromatic carbocycles. The van der Waals surface area contributed by atoms with Gasteiger partial charge in [-0.15, -0.1) is 0 Å². The Labute approximate surface area is 869 Å². The molecule has 54 nitrogen and oxygen atoms in total. The highest BCUT2D eigenvalue weighted by Crippen LogP contribution is 2.14. The van der Waals surface area contributed by atoms with E-state index in [1.807, 2.05) is 14.1 Å². The Hall–Kier alpha value is -12.6. The molecule has 1 amide bonds. The van der Waals surface area contributed by atoms with Crippen LogP contribution in [0, 0.1) is 0 Å². The van der Waals surface area contributed by atoms with Gasteiger partial charge in [0.25, 0.3) is 0 Å². The minimum Gasteiger partial charge on any atom is -0.726 e. The summed E-state index contributed by atoms with van der Waals surface area (Å²) in [7, 11) is -5.27. The molecular weight excluding hydrogens is 2060 g/mol. The lowest BCUT2D eigenvalue weighted by Crippen LogP contribution is -2.51. The lowest BCUT2D eigenvalue weighted by molar-refractivity contribution is -0.910. The number of rotatable bonds is 73. The summed E-state index contributed by atoms with van der Waals surface area (Å²) < 4.78 is 189. The molecule has 0 fully saturated rings. The third kappa shape index (κ3) is 98.5. The summed E-state index contributed by atoms with van der Waals surface area (Å²) in [6.07, 6.45) is 0.958. The molecular formula is C92H148N4O50S3. The maximum Gasteiger partial charge on any atom is 0.407 e. The monoisotopic (exact) mass is 2200 g/mol. The average Bonchev–Trinajstić information content (AvgIpc) is 0.955. The van der Waals surface area contributed by atoms with Crippen LogP contribution in [0.1, 0.15) is 159 Å². The first kappa shape index (κ1) is 147. The van der Waals surface area contributed by atoms with Crippen LogP contribution in [-0.4, -0.2) is 399 Å². The molecule has 0 aliphatic rings. The van der Waals surface area contributed by atoms with Crippen molar-refractivity contribution in [1.29, 1.82) is 0 Å². The third-order valence-electron chi connectivity index (χ3n) is 18.1.